The third-order valence-electron chi connectivity index (χ3n) is 7.89. The highest BCUT2D eigenvalue weighted by atomic mass is 32.1. The number of nitrogens with one attached hydrogen (secondary N) is 2. The van der Waals surface area contributed by atoms with Crippen molar-refractivity contribution in [1.29, 1.82) is 0 Å². The first-order valence-electron chi connectivity index (χ1n) is 16.7. The van der Waals surface area contributed by atoms with Crippen LogP contribution in [0.1, 0.15) is 65.7 Å². The lowest BCUT2D eigenvalue weighted by atomic mass is 10.0. The van der Waals surface area contributed by atoms with Gasteiger partial charge in [0.2, 0.25) is 0 Å². The van der Waals surface area contributed by atoms with Crippen molar-refractivity contribution in [2.45, 2.75) is 59.0 Å². The Labute approximate surface area is 308 Å². The van der Waals surface area contributed by atoms with Gasteiger partial charge in [0.25, 0.3) is 0 Å². The van der Waals surface area contributed by atoms with E-state index in [1.807, 2.05) is 36.1 Å². The molecule has 52 heavy (non-hydrogen) atoms. The van der Waals surface area contributed by atoms with Gasteiger partial charge in [-0.2, -0.15) is 0 Å². The molecule has 6 rings (SSSR count). The third kappa shape index (κ3) is 8.75. The van der Waals surface area contributed by atoms with Gasteiger partial charge in [0.1, 0.15) is 5.60 Å². The van der Waals surface area contributed by atoms with Gasteiger partial charge in [-0.15, -0.1) is 21.5 Å². The fourth-order valence-electron chi connectivity index (χ4n) is 5.48. The maximum Gasteiger partial charge on any atom is 0.408 e. The number of nitrogens with zero attached hydrogens (tertiary/aromatic N) is 5. The molecule has 0 aliphatic carbocycles. The first kappa shape index (κ1) is 36.5. The lowest BCUT2D eigenvalue weighted by Gasteiger charge is -2.28. The van der Waals surface area contributed by atoms with E-state index in [0.29, 0.717) is 41.7 Å². The number of fused-ring (bicyclic) bond motifs is 2. The first-order chi connectivity index (χ1) is 25.0. The Kier molecular flexibility index (Phi) is 11.2. The van der Waals surface area contributed by atoms with E-state index in [0.717, 1.165) is 44.2 Å². The molecule has 0 fully saturated rings. The second-order valence-corrected chi connectivity index (χ2v) is 14.9. The van der Waals surface area contributed by atoms with Crippen LogP contribution in [0.5, 0.6) is 5.75 Å². The number of carbonyl (C=O) groups excluding carboxylic acids is 2. The van der Waals surface area contributed by atoms with Crippen LogP contribution in [0.15, 0.2) is 42.5 Å². The summed E-state index contributed by atoms with van der Waals surface area (Å²) < 4.78 is 31.8. The van der Waals surface area contributed by atoms with Gasteiger partial charge in [-0.25, -0.2) is 23.9 Å². The number of ether oxygens (including phenoxy) is 3. The molecule has 1 aliphatic heterocycles. The summed E-state index contributed by atoms with van der Waals surface area (Å²) >= 11 is 2.96. The maximum atomic E-state index is 14.8. The number of rotatable bonds is 10. The van der Waals surface area contributed by atoms with Gasteiger partial charge < -0.3 is 29.7 Å². The highest BCUT2D eigenvalue weighted by Crippen LogP contribution is 2.39. The van der Waals surface area contributed by atoms with Gasteiger partial charge in [0.05, 0.1) is 30.5 Å². The summed E-state index contributed by atoms with van der Waals surface area (Å²) in [6, 6.07) is 12.4. The Hall–Kier alpha value is -5.33. The largest absolute Gasteiger partial charge is 0.491 e. The Bertz CT molecular complexity index is 2140. The average molecular weight is 744 g/mol. The van der Waals surface area contributed by atoms with Crippen molar-refractivity contribution in [3.63, 3.8) is 0 Å². The number of benzene rings is 2. The monoisotopic (exact) mass is 743 g/mol. The van der Waals surface area contributed by atoms with Crippen molar-refractivity contribution in [2.75, 3.05) is 37.0 Å². The van der Waals surface area contributed by atoms with Crippen LogP contribution in [0, 0.1) is 24.6 Å². The predicted molar refractivity (Wildman–Crippen MR) is 200 cm³/mol. The molecule has 5 aromatic rings. The Morgan fingerprint density at radius 1 is 1.10 bits per heavy atom. The smallest absolute Gasteiger partial charge is 0.408 e. The van der Waals surface area contributed by atoms with E-state index in [-0.39, 0.29) is 24.6 Å². The molecule has 0 atom stereocenters. The fraction of sp³-hybridized carbons (Fsp3) is 0.351. The number of thiazole rings is 2. The molecule has 4 heterocycles. The van der Waals surface area contributed by atoms with E-state index in [9.17, 15) is 14.0 Å². The number of anilines is 4. The molecule has 2 N–H and O–H groups in total. The molecule has 0 spiro atoms. The second-order valence-electron chi connectivity index (χ2n) is 12.9. The fourth-order valence-corrected chi connectivity index (χ4v) is 7.46. The van der Waals surface area contributed by atoms with E-state index in [4.69, 9.17) is 19.2 Å². The summed E-state index contributed by atoms with van der Waals surface area (Å²) in [4.78, 5) is 36.6. The van der Waals surface area contributed by atoms with E-state index >= 15 is 0 Å². The van der Waals surface area contributed by atoms with Gasteiger partial charge in [-0.3, -0.25) is 0 Å². The van der Waals surface area contributed by atoms with Crippen molar-refractivity contribution in [3.8, 4) is 17.6 Å². The maximum absolute atomic E-state index is 14.8. The van der Waals surface area contributed by atoms with Crippen LogP contribution in [0.3, 0.4) is 0 Å². The molecule has 1 aliphatic rings. The van der Waals surface area contributed by atoms with Gasteiger partial charge in [0, 0.05) is 28.1 Å². The quantitative estimate of drug-likeness (QED) is 0.0835. The van der Waals surface area contributed by atoms with Crippen molar-refractivity contribution >= 4 is 66.9 Å². The number of halogens is 1. The number of esters is 1. The van der Waals surface area contributed by atoms with Crippen molar-refractivity contribution < 1.29 is 28.2 Å². The van der Waals surface area contributed by atoms with E-state index < -0.39 is 23.5 Å². The van der Waals surface area contributed by atoms with Gasteiger partial charge in [0.15, 0.2) is 39.2 Å². The molecule has 12 nitrogen and oxygen atoms in total. The van der Waals surface area contributed by atoms with E-state index in [1.54, 1.807) is 38.2 Å². The summed E-state index contributed by atoms with van der Waals surface area (Å²) in [5.41, 5.74) is 3.04. The molecule has 3 aromatic heterocycles. The lowest BCUT2D eigenvalue weighted by Crippen LogP contribution is -2.32. The number of hydrogen-bond acceptors (Lipinski definition) is 13. The Morgan fingerprint density at radius 2 is 1.92 bits per heavy atom. The van der Waals surface area contributed by atoms with Crippen LogP contribution >= 0.6 is 22.7 Å². The molecule has 2 aromatic carbocycles. The normalized spacial score (nSPS) is 12.5. The number of hydrogen-bond donors (Lipinski definition) is 2. The average Bonchev–Trinajstić information content (AvgIpc) is 3.73. The van der Waals surface area contributed by atoms with Gasteiger partial charge >= 0.3 is 12.1 Å². The minimum Gasteiger partial charge on any atom is -0.491 e. The van der Waals surface area contributed by atoms with Crippen molar-refractivity contribution in [3.05, 3.63) is 75.5 Å². The molecule has 0 bridgehead atoms. The summed E-state index contributed by atoms with van der Waals surface area (Å²) in [7, 11) is 1.33. The molecule has 0 saturated heterocycles. The van der Waals surface area contributed by atoms with Crippen LogP contribution in [-0.4, -0.2) is 64.6 Å². The standard InChI is InChI=1S/C37H38FN7O5S2/c1-22-24-12-9-19-45(32(24)44-43-31(22)42-34-40-26-13-6-7-14-28(26)51-34)35-41-30(33(46)48-5)29(52-35)15-10-20-49-27-17-16-23(21-25(27)38)11-8-18-39-36(47)50-37(2,3)4/h6-7,13-14,16-17,21H,9-10,12,15,18-20H2,1-5H3,(H,39,47)(H,40,42,43). The zero-order valence-corrected chi connectivity index (χ0v) is 31.1. The number of aryl methyl sites for hydroxylation is 1. The minimum atomic E-state index is -0.609. The summed E-state index contributed by atoms with van der Waals surface area (Å²) in [6.07, 6.45) is 2.09. The first-order valence-corrected chi connectivity index (χ1v) is 18.3. The van der Waals surface area contributed by atoms with Crippen molar-refractivity contribution in [1.82, 2.24) is 25.5 Å². The molecule has 1 amide bonds. The number of aromatic nitrogens is 4. The zero-order chi connectivity index (χ0) is 36.8. The van der Waals surface area contributed by atoms with Gasteiger partial charge in [-0.1, -0.05) is 35.3 Å². The Balaban J connectivity index is 1.09. The zero-order valence-electron chi connectivity index (χ0n) is 29.5. The minimum absolute atomic E-state index is 0.0587. The Morgan fingerprint density at radius 3 is 2.69 bits per heavy atom. The SMILES string of the molecule is COC(=O)c1nc(N2CCCc3c2nnc(Nc2nc4ccccc4s2)c3C)sc1CCCOc1ccc(C#CCNC(=O)OC(C)(C)C)cc1F. The van der Waals surface area contributed by atoms with Gasteiger partial charge in [-0.05, 0) is 83.7 Å². The molecule has 270 valence electrons. The van der Waals surface area contributed by atoms with Crippen LogP contribution in [0.4, 0.5) is 31.1 Å². The summed E-state index contributed by atoms with van der Waals surface area (Å²) in [5.74, 6) is 5.96. The highest BCUT2D eigenvalue weighted by Gasteiger charge is 2.29. The molecule has 0 saturated carbocycles. The highest BCUT2D eigenvalue weighted by molar-refractivity contribution is 7.22. The number of para-hydroxylation sites is 1. The van der Waals surface area contributed by atoms with E-state index in [1.165, 1.54) is 30.6 Å². The number of methoxy groups -OCH3 is 1. The van der Waals surface area contributed by atoms with Crippen LogP contribution < -0.4 is 20.3 Å². The molecule has 0 unspecified atom stereocenters. The molecular weight excluding hydrogens is 706 g/mol. The molecular formula is C37H38FN7O5S2. The summed E-state index contributed by atoms with van der Waals surface area (Å²) in [5, 5.41) is 16.4. The topological polar surface area (TPSA) is 141 Å². The van der Waals surface area contributed by atoms with E-state index in [2.05, 4.69) is 37.7 Å². The van der Waals surface area contributed by atoms with Crippen LogP contribution in [-0.2, 0) is 22.3 Å². The summed E-state index contributed by atoms with van der Waals surface area (Å²) in [6.45, 7) is 8.27. The second kappa shape index (κ2) is 15.9. The molecule has 0 radical (unpaired) electrons. The number of alkyl carbamates (subject to hydrolysis) is 1. The van der Waals surface area contributed by atoms with Crippen molar-refractivity contribution in [2.24, 2.45) is 0 Å². The third-order valence-corrected chi connectivity index (χ3v) is 9.98. The number of amides is 1. The van der Waals surface area contributed by atoms with Crippen LogP contribution in [0.25, 0.3) is 10.2 Å². The lowest BCUT2D eigenvalue weighted by molar-refractivity contribution is 0.0533. The predicted octanol–water partition coefficient (Wildman–Crippen LogP) is 7.49. The number of carbonyl (C=O) groups is 2. The molecule has 15 heteroatoms. The van der Waals surface area contributed by atoms with Crippen LogP contribution in [0.2, 0.25) is 0 Å².